The lowest BCUT2D eigenvalue weighted by Gasteiger charge is -2.45. The summed E-state index contributed by atoms with van der Waals surface area (Å²) in [5.74, 6) is 2.79. The van der Waals surface area contributed by atoms with Gasteiger partial charge in [0.05, 0.1) is 12.3 Å². The Labute approximate surface area is 129 Å². The number of hydrogen-bond donors (Lipinski definition) is 0. The summed E-state index contributed by atoms with van der Waals surface area (Å²) in [5.41, 5.74) is 2.70. The zero-order valence-electron chi connectivity index (χ0n) is 12.5. The Hall–Kier alpha value is -1.94. The number of piperidine rings is 1. The van der Waals surface area contributed by atoms with Crippen LogP contribution in [-0.2, 0) is 6.42 Å². The summed E-state index contributed by atoms with van der Waals surface area (Å²) in [6, 6.07) is 9.23. The third-order valence-electron chi connectivity index (χ3n) is 5.20. The number of benzene rings is 1. The van der Waals surface area contributed by atoms with Gasteiger partial charge in [-0.2, -0.15) is 0 Å². The van der Waals surface area contributed by atoms with Gasteiger partial charge in [0, 0.05) is 6.04 Å². The maximum absolute atomic E-state index is 5.78. The molecule has 0 aliphatic carbocycles. The van der Waals surface area contributed by atoms with Crippen molar-refractivity contribution in [3.63, 3.8) is 0 Å². The van der Waals surface area contributed by atoms with E-state index in [4.69, 9.17) is 13.9 Å². The van der Waals surface area contributed by atoms with E-state index >= 15 is 0 Å². The van der Waals surface area contributed by atoms with Crippen molar-refractivity contribution >= 4 is 0 Å². The molecule has 4 heterocycles. The topological polar surface area (TPSA) is 34.8 Å². The summed E-state index contributed by atoms with van der Waals surface area (Å²) in [5, 5.41) is 0. The van der Waals surface area contributed by atoms with Crippen LogP contribution in [0.15, 0.2) is 34.9 Å². The molecular formula is C18H19NO3. The molecule has 1 aromatic carbocycles. The van der Waals surface area contributed by atoms with Crippen molar-refractivity contribution in [1.29, 1.82) is 0 Å². The predicted molar refractivity (Wildman–Crippen MR) is 81.2 cm³/mol. The average Bonchev–Trinajstić information content (AvgIpc) is 3.21. The molecule has 0 bridgehead atoms. The van der Waals surface area contributed by atoms with Crippen molar-refractivity contribution in [3.8, 4) is 11.5 Å². The van der Waals surface area contributed by atoms with Gasteiger partial charge in [-0.3, -0.25) is 4.90 Å². The van der Waals surface area contributed by atoms with Crippen LogP contribution in [0.1, 0.15) is 42.2 Å². The molecular weight excluding hydrogens is 278 g/mol. The van der Waals surface area contributed by atoms with Crippen molar-refractivity contribution in [1.82, 2.24) is 4.90 Å². The molecule has 5 rings (SSSR count). The summed E-state index contributed by atoms with van der Waals surface area (Å²) >= 11 is 0. The average molecular weight is 297 g/mol. The summed E-state index contributed by atoms with van der Waals surface area (Å²) in [6.45, 7) is 1.47. The molecule has 2 aromatic rings. The van der Waals surface area contributed by atoms with Gasteiger partial charge in [0.15, 0.2) is 11.5 Å². The van der Waals surface area contributed by atoms with E-state index in [2.05, 4.69) is 23.1 Å². The Morgan fingerprint density at radius 1 is 1.09 bits per heavy atom. The highest BCUT2D eigenvalue weighted by molar-refractivity contribution is 5.52. The minimum atomic E-state index is 0.207. The zero-order valence-corrected chi connectivity index (χ0v) is 12.5. The van der Waals surface area contributed by atoms with Crippen LogP contribution < -0.4 is 9.47 Å². The highest BCUT2D eigenvalue weighted by Crippen LogP contribution is 2.45. The number of rotatable bonds is 1. The molecule has 0 amide bonds. The van der Waals surface area contributed by atoms with Crippen molar-refractivity contribution in [2.24, 2.45) is 0 Å². The molecule has 3 aliphatic heterocycles. The zero-order chi connectivity index (χ0) is 14.5. The van der Waals surface area contributed by atoms with Gasteiger partial charge >= 0.3 is 0 Å². The minimum absolute atomic E-state index is 0.207. The maximum atomic E-state index is 5.78. The molecule has 22 heavy (non-hydrogen) atoms. The van der Waals surface area contributed by atoms with E-state index in [-0.39, 0.29) is 6.04 Å². The van der Waals surface area contributed by atoms with Gasteiger partial charge in [-0.05, 0) is 61.2 Å². The first-order valence-electron chi connectivity index (χ1n) is 8.12. The van der Waals surface area contributed by atoms with Crippen LogP contribution in [0.2, 0.25) is 0 Å². The Morgan fingerprint density at radius 3 is 2.86 bits per heavy atom. The summed E-state index contributed by atoms with van der Waals surface area (Å²) < 4.78 is 16.9. The largest absolute Gasteiger partial charge is 0.467 e. The van der Waals surface area contributed by atoms with Gasteiger partial charge in [-0.15, -0.1) is 0 Å². The van der Waals surface area contributed by atoms with Gasteiger partial charge in [-0.1, -0.05) is 6.42 Å². The summed E-state index contributed by atoms with van der Waals surface area (Å²) in [6.07, 6.45) is 6.74. The lowest BCUT2D eigenvalue weighted by atomic mass is 9.83. The minimum Gasteiger partial charge on any atom is -0.467 e. The van der Waals surface area contributed by atoms with Crippen LogP contribution in [-0.4, -0.2) is 24.3 Å². The van der Waals surface area contributed by atoms with Crippen molar-refractivity contribution in [2.45, 2.75) is 37.8 Å². The fraction of sp³-hybridized carbons (Fsp3) is 0.444. The first-order chi connectivity index (χ1) is 10.9. The van der Waals surface area contributed by atoms with Crippen LogP contribution in [0.25, 0.3) is 0 Å². The quantitative estimate of drug-likeness (QED) is 0.807. The van der Waals surface area contributed by atoms with Gasteiger partial charge in [0.2, 0.25) is 6.79 Å². The molecule has 2 atom stereocenters. The van der Waals surface area contributed by atoms with Crippen LogP contribution in [0, 0.1) is 0 Å². The maximum Gasteiger partial charge on any atom is 0.231 e. The smallest absolute Gasteiger partial charge is 0.231 e. The second kappa shape index (κ2) is 4.78. The number of furan rings is 1. The van der Waals surface area contributed by atoms with E-state index in [1.807, 2.05) is 6.07 Å². The van der Waals surface area contributed by atoms with E-state index in [0.717, 1.165) is 30.2 Å². The van der Waals surface area contributed by atoms with E-state index in [1.54, 1.807) is 6.26 Å². The van der Waals surface area contributed by atoms with Gasteiger partial charge < -0.3 is 13.9 Å². The number of nitrogens with zero attached hydrogens (tertiary/aromatic N) is 1. The molecule has 4 nitrogen and oxygen atoms in total. The Morgan fingerprint density at radius 2 is 2.00 bits per heavy atom. The highest BCUT2D eigenvalue weighted by Gasteiger charge is 2.39. The van der Waals surface area contributed by atoms with Crippen LogP contribution >= 0.6 is 0 Å². The highest BCUT2D eigenvalue weighted by atomic mass is 16.7. The fourth-order valence-corrected chi connectivity index (χ4v) is 4.21. The lowest BCUT2D eigenvalue weighted by molar-refractivity contribution is 0.0891. The lowest BCUT2D eigenvalue weighted by Crippen LogP contribution is -2.46. The molecule has 0 radical (unpaired) electrons. The van der Waals surface area contributed by atoms with E-state index in [0.29, 0.717) is 12.8 Å². The Bertz CT molecular complexity index is 695. The van der Waals surface area contributed by atoms with E-state index in [9.17, 15) is 0 Å². The molecule has 0 spiro atoms. The van der Waals surface area contributed by atoms with Gasteiger partial charge in [-0.25, -0.2) is 0 Å². The van der Waals surface area contributed by atoms with Crippen molar-refractivity contribution < 1.29 is 13.9 Å². The molecule has 4 heteroatoms. The standard InChI is InChI=1S/C18H19NO3/c1-2-6-19-13(4-1)8-12-9-16-17(22-11-21-16)10-14(12)18(19)15-5-3-7-20-15/h3,5,7,9-10,13,18H,1-2,4,6,8,11H2/t13-,18-/m1/s1. The molecule has 1 aromatic heterocycles. The Balaban J connectivity index is 1.67. The second-order valence-corrected chi connectivity index (χ2v) is 6.41. The van der Waals surface area contributed by atoms with Crippen LogP contribution in [0.3, 0.4) is 0 Å². The molecule has 1 fully saturated rings. The molecule has 1 saturated heterocycles. The molecule has 0 N–H and O–H groups in total. The summed E-state index contributed by atoms with van der Waals surface area (Å²) in [7, 11) is 0. The van der Waals surface area contributed by atoms with E-state index < -0.39 is 0 Å². The normalized spacial score (nSPS) is 26.5. The third kappa shape index (κ3) is 1.80. The van der Waals surface area contributed by atoms with Gasteiger partial charge in [0.1, 0.15) is 5.76 Å². The first kappa shape index (κ1) is 12.6. The van der Waals surface area contributed by atoms with Crippen LogP contribution in [0.5, 0.6) is 11.5 Å². The van der Waals surface area contributed by atoms with Crippen LogP contribution in [0.4, 0.5) is 0 Å². The predicted octanol–water partition coefficient (Wildman–Crippen LogP) is 3.51. The van der Waals surface area contributed by atoms with Crippen molar-refractivity contribution in [3.05, 3.63) is 47.4 Å². The molecule has 114 valence electrons. The number of ether oxygens (including phenoxy) is 2. The van der Waals surface area contributed by atoms with Gasteiger partial charge in [0.25, 0.3) is 0 Å². The Kier molecular flexibility index (Phi) is 2.74. The fourth-order valence-electron chi connectivity index (χ4n) is 4.21. The van der Waals surface area contributed by atoms with Crippen molar-refractivity contribution in [2.75, 3.05) is 13.3 Å². The number of fused-ring (bicyclic) bond motifs is 3. The summed E-state index contributed by atoms with van der Waals surface area (Å²) in [4.78, 5) is 2.62. The molecule has 3 aliphatic rings. The molecule has 0 saturated carbocycles. The number of hydrogen-bond acceptors (Lipinski definition) is 4. The molecule has 0 unspecified atom stereocenters. The monoisotopic (exact) mass is 297 g/mol. The SMILES string of the molecule is c1coc([C@H]2c3cc4c(cc3C[C@H]3CCCCN32)OCO4)c1. The van der Waals surface area contributed by atoms with E-state index in [1.165, 1.54) is 30.4 Å². The first-order valence-corrected chi connectivity index (χ1v) is 8.12. The second-order valence-electron chi connectivity index (χ2n) is 6.41. The third-order valence-corrected chi connectivity index (χ3v) is 5.20.